The van der Waals surface area contributed by atoms with Crippen LogP contribution in [0.5, 0.6) is 5.75 Å². The van der Waals surface area contributed by atoms with Gasteiger partial charge in [0.05, 0.1) is 12.8 Å². The molecule has 1 aromatic carbocycles. The highest BCUT2D eigenvalue weighted by atomic mass is 127. The first-order valence-corrected chi connectivity index (χ1v) is 9.46. The van der Waals surface area contributed by atoms with Crippen LogP contribution >= 0.6 is 24.0 Å². The Morgan fingerprint density at radius 2 is 1.93 bits per heavy atom. The maximum absolute atomic E-state index is 5.50. The Morgan fingerprint density at radius 1 is 1.18 bits per heavy atom. The van der Waals surface area contributed by atoms with E-state index >= 15 is 0 Å². The lowest BCUT2D eigenvalue weighted by atomic mass is 10.1. The van der Waals surface area contributed by atoms with Crippen LogP contribution in [0.2, 0.25) is 0 Å². The van der Waals surface area contributed by atoms with Gasteiger partial charge < -0.3 is 19.9 Å². The quantitative estimate of drug-likeness (QED) is 0.393. The van der Waals surface area contributed by atoms with E-state index in [-0.39, 0.29) is 24.0 Å². The number of methoxy groups -OCH3 is 1. The molecule has 1 aliphatic rings. The van der Waals surface area contributed by atoms with Gasteiger partial charge in [-0.1, -0.05) is 12.1 Å². The van der Waals surface area contributed by atoms with Crippen molar-refractivity contribution in [2.45, 2.75) is 13.3 Å². The molecule has 1 saturated heterocycles. The monoisotopic (exact) mass is 495 g/mol. The molecule has 3 rings (SSSR count). The van der Waals surface area contributed by atoms with Gasteiger partial charge in [0.25, 0.3) is 0 Å². The fourth-order valence-corrected chi connectivity index (χ4v) is 3.47. The Bertz CT molecular complexity index is 775. The zero-order valence-electron chi connectivity index (χ0n) is 16.9. The SMILES string of the molecule is CN=C(NCCc1ccncc1C)N1CCN(c2ccccc2OC)CC1.I. The number of aryl methyl sites for hydroxylation is 1. The zero-order chi connectivity index (χ0) is 19.1. The van der Waals surface area contributed by atoms with E-state index in [2.05, 4.69) is 50.2 Å². The number of anilines is 1. The van der Waals surface area contributed by atoms with Crippen molar-refractivity contribution in [1.82, 2.24) is 15.2 Å². The lowest BCUT2D eigenvalue weighted by molar-refractivity contribution is 0.367. The molecule has 0 atom stereocenters. The van der Waals surface area contributed by atoms with E-state index in [1.165, 1.54) is 11.1 Å². The van der Waals surface area contributed by atoms with Crippen LogP contribution in [0.25, 0.3) is 0 Å². The van der Waals surface area contributed by atoms with Gasteiger partial charge in [-0.15, -0.1) is 24.0 Å². The molecular formula is C21H30IN5O. The third-order valence-electron chi connectivity index (χ3n) is 5.03. The number of benzene rings is 1. The molecule has 1 fully saturated rings. The zero-order valence-corrected chi connectivity index (χ0v) is 19.2. The highest BCUT2D eigenvalue weighted by Gasteiger charge is 2.21. The van der Waals surface area contributed by atoms with Crippen molar-refractivity contribution in [3.8, 4) is 5.75 Å². The van der Waals surface area contributed by atoms with Gasteiger partial charge in [0.1, 0.15) is 5.75 Å². The van der Waals surface area contributed by atoms with E-state index < -0.39 is 0 Å². The maximum Gasteiger partial charge on any atom is 0.193 e. The summed E-state index contributed by atoms with van der Waals surface area (Å²) in [6.45, 7) is 6.74. The minimum absolute atomic E-state index is 0. The largest absolute Gasteiger partial charge is 0.495 e. The second-order valence-corrected chi connectivity index (χ2v) is 6.67. The first-order valence-electron chi connectivity index (χ1n) is 9.46. The van der Waals surface area contributed by atoms with Gasteiger partial charge in [0.15, 0.2) is 5.96 Å². The van der Waals surface area contributed by atoms with Crippen LogP contribution in [0.15, 0.2) is 47.7 Å². The van der Waals surface area contributed by atoms with E-state index in [0.717, 1.165) is 56.5 Å². The lowest BCUT2D eigenvalue weighted by Crippen LogP contribution is -2.52. The number of nitrogens with one attached hydrogen (secondary N) is 1. The number of hydrogen-bond donors (Lipinski definition) is 1. The molecule has 1 N–H and O–H groups in total. The number of halogens is 1. The second-order valence-electron chi connectivity index (χ2n) is 6.67. The van der Waals surface area contributed by atoms with Crippen molar-refractivity contribution in [2.24, 2.45) is 4.99 Å². The number of nitrogens with zero attached hydrogens (tertiary/aromatic N) is 4. The smallest absolute Gasteiger partial charge is 0.193 e. The molecule has 0 amide bonds. The van der Waals surface area contributed by atoms with Crippen LogP contribution in [-0.4, -0.2) is 62.7 Å². The van der Waals surface area contributed by atoms with Crippen molar-refractivity contribution in [1.29, 1.82) is 0 Å². The average Bonchev–Trinajstić information content (AvgIpc) is 2.72. The summed E-state index contributed by atoms with van der Waals surface area (Å²) in [5, 5.41) is 3.50. The molecule has 0 aliphatic carbocycles. The minimum Gasteiger partial charge on any atom is -0.495 e. The topological polar surface area (TPSA) is 53.0 Å². The molecule has 0 bridgehead atoms. The van der Waals surface area contributed by atoms with Crippen LogP contribution in [0, 0.1) is 6.92 Å². The predicted molar refractivity (Wildman–Crippen MR) is 126 cm³/mol. The standard InChI is InChI=1S/C21H29N5O.HI/c1-17-16-23-10-8-18(17)9-11-24-21(22-2)26-14-12-25(13-15-26)19-6-4-5-7-20(19)27-3;/h4-8,10,16H,9,11-15H2,1-3H3,(H,22,24);1H. The molecule has 0 saturated carbocycles. The van der Waals surface area contributed by atoms with E-state index in [1.54, 1.807) is 7.11 Å². The van der Waals surface area contributed by atoms with E-state index in [4.69, 9.17) is 4.74 Å². The van der Waals surface area contributed by atoms with Gasteiger partial charge in [-0.05, 0) is 42.7 Å². The molecule has 0 radical (unpaired) electrons. The third kappa shape index (κ3) is 5.50. The number of para-hydroxylation sites is 2. The fraction of sp³-hybridized carbons (Fsp3) is 0.429. The molecule has 2 heterocycles. The predicted octanol–water partition coefficient (Wildman–Crippen LogP) is 2.96. The van der Waals surface area contributed by atoms with Crippen LogP contribution in [0.4, 0.5) is 5.69 Å². The maximum atomic E-state index is 5.50. The number of pyridine rings is 1. The van der Waals surface area contributed by atoms with Crippen molar-refractivity contribution < 1.29 is 4.74 Å². The van der Waals surface area contributed by atoms with E-state index in [0.29, 0.717) is 0 Å². The summed E-state index contributed by atoms with van der Waals surface area (Å²) in [7, 11) is 3.58. The summed E-state index contributed by atoms with van der Waals surface area (Å²) < 4.78 is 5.50. The molecule has 7 heteroatoms. The molecule has 1 aromatic heterocycles. The van der Waals surface area contributed by atoms with Crippen LogP contribution in [0.3, 0.4) is 0 Å². The summed E-state index contributed by atoms with van der Waals surface area (Å²) in [5.41, 5.74) is 3.73. The summed E-state index contributed by atoms with van der Waals surface area (Å²) in [5.74, 6) is 1.91. The lowest BCUT2D eigenvalue weighted by Gasteiger charge is -2.38. The normalized spacial score (nSPS) is 14.5. The number of guanidine groups is 1. The number of rotatable bonds is 5. The van der Waals surface area contributed by atoms with Gasteiger partial charge in [-0.2, -0.15) is 0 Å². The van der Waals surface area contributed by atoms with Crippen molar-refractivity contribution >= 4 is 35.6 Å². The number of piperazine rings is 1. The van der Waals surface area contributed by atoms with Gasteiger partial charge >= 0.3 is 0 Å². The van der Waals surface area contributed by atoms with Crippen LogP contribution < -0.4 is 15.0 Å². The van der Waals surface area contributed by atoms with Crippen molar-refractivity contribution in [3.63, 3.8) is 0 Å². The average molecular weight is 495 g/mol. The van der Waals surface area contributed by atoms with Gasteiger partial charge in [0, 0.05) is 52.2 Å². The number of ether oxygens (including phenoxy) is 1. The van der Waals surface area contributed by atoms with Gasteiger partial charge in [-0.25, -0.2) is 0 Å². The number of aromatic nitrogens is 1. The summed E-state index contributed by atoms with van der Waals surface area (Å²) >= 11 is 0. The second kappa shape index (κ2) is 11.1. The Kier molecular flexibility index (Phi) is 8.82. The first kappa shape index (κ1) is 22.3. The molecule has 0 spiro atoms. The number of aliphatic imine (C=N–C) groups is 1. The van der Waals surface area contributed by atoms with Crippen LogP contribution in [-0.2, 0) is 6.42 Å². The van der Waals surface area contributed by atoms with E-state index in [9.17, 15) is 0 Å². The molecular weight excluding hydrogens is 465 g/mol. The highest BCUT2D eigenvalue weighted by molar-refractivity contribution is 14.0. The van der Waals surface area contributed by atoms with E-state index in [1.807, 2.05) is 31.6 Å². The molecule has 6 nitrogen and oxygen atoms in total. The van der Waals surface area contributed by atoms with Gasteiger partial charge in [0.2, 0.25) is 0 Å². The number of hydrogen-bond acceptors (Lipinski definition) is 4. The summed E-state index contributed by atoms with van der Waals surface area (Å²) in [6, 6.07) is 10.3. The third-order valence-corrected chi connectivity index (χ3v) is 5.03. The van der Waals surface area contributed by atoms with Crippen molar-refractivity contribution in [2.75, 3.05) is 51.8 Å². The summed E-state index contributed by atoms with van der Waals surface area (Å²) in [6.07, 6.45) is 4.74. The Morgan fingerprint density at radius 3 is 2.61 bits per heavy atom. The van der Waals surface area contributed by atoms with Crippen LogP contribution in [0.1, 0.15) is 11.1 Å². The highest BCUT2D eigenvalue weighted by Crippen LogP contribution is 2.28. The molecule has 1 aliphatic heterocycles. The molecule has 152 valence electrons. The summed E-state index contributed by atoms with van der Waals surface area (Å²) in [4.78, 5) is 13.3. The van der Waals surface area contributed by atoms with Gasteiger partial charge in [-0.3, -0.25) is 9.98 Å². The Labute approximate surface area is 185 Å². The molecule has 0 unspecified atom stereocenters. The fourth-order valence-electron chi connectivity index (χ4n) is 3.47. The molecule has 2 aromatic rings. The Balaban J connectivity index is 0.00000280. The minimum atomic E-state index is 0. The first-order chi connectivity index (χ1) is 13.2. The Hall–Kier alpha value is -2.03. The molecule has 28 heavy (non-hydrogen) atoms. The van der Waals surface area contributed by atoms with Crippen molar-refractivity contribution in [3.05, 3.63) is 53.9 Å².